The Hall–Kier alpha value is 0.615. The molecule has 0 aliphatic heterocycles. The second-order valence-electron chi connectivity index (χ2n) is 0.901. The summed E-state index contributed by atoms with van der Waals surface area (Å²) < 4.78 is 12.9. The van der Waals surface area contributed by atoms with Crippen molar-refractivity contribution in [3.05, 3.63) is 0 Å². The monoisotopic (exact) mass is 155 g/mol. The van der Waals surface area contributed by atoms with E-state index in [-0.39, 0.29) is 37.7 Å². The molecule has 0 aliphatic carbocycles. The van der Waals surface area contributed by atoms with Gasteiger partial charge in [-0.1, -0.05) is 0 Å². The van der Waals surface area contributed by atoms with Crippen molar-refractivity contribution >= 4 is 51.6 Å². The van der Waals surface area contributed by atoms with Crippen LogP contribution in [0, 0.1) is 0 Å². The van der Waals surface area contributed by atoms with E-state index < -0.39 is 13.9 Å². The van der Waals surface area contributed by atoms with E-state index in [9.17, 15) is 9.36 Å². The Morgan fingerprint density at radius 2 is 1.70 bits per heavy atom. The quantitative estimate of drug-likeness (QED) is 0.312. The number of primary amides is 1. The van der Waals surface area contributed by atoms with Gasteiger partial charge in [-0.25, -0.2) is 9.36 Å². The summed E-state index contributed by atoms with van der Waals surface area (Å²) in [6.07, 6.45) is -1.49. The average Bonchev–Trinajstić information content (AvgIpc) is 1.21. The molecular weight excluding hydrogens is 151 g/mol. The molecule has 0 fully saturated rings. The van der Waals surface area contributed by atoms with Crippen molar-refractivity contribution in [2.45, 2.75) is 0 Å². The maximum absolute atomic E-state index is 9.61. The van der Waals surface area contributed by atoms with Crippen molar-refractivity contribution in [1.82, 2.24) is 0 Å². The molecule has 0 unspecified atom stereocenters. The third-order valence-corrected chi connectivity index (χ3v) is 0.627. The van der Waals surface area contributed by atoms with Crippen LogP contribution in [0.1, 0.15) is 0 Å². The summed E-state index contributed by atoms with van der Waals surface area (Å²) in [5.41, 5.74) is 4.23. The summed E-state index contributed by atoms with van der Waals surface area (Å²) in [6, 6.07) is 0. The zero-order valence-electron chi connectivity index (χ0n) is 5.64. The van der Waals surface area contributed by atoms with Crippen LogP contribution in [0.3, 0.4) is 0 Å². The van der Waals surface area contributed by atoms with Crippen LogP contribution in [0.4, 0.5) is 4.79 Å². The molecule has 4 N–H and O–H groups in total. The molecule has 9 heteroatoms. The molecular formula is CH4Li2NO5P. The van der Waals surface area contributed by atoms with E-state index in [4.69, 9.17) is 9.79 Å². The molecule has 0 bridgehead atoms. The second-order valence-corrected chi connectivity index (χ2v) is 2.06. The van der Waals surface area contributed by atoms with Crippen molar-refractivity contribution < 1.29 is 23.7 Å². The van der Waals surface area contributed by atoms with Crippen molar-refractivity contribution in [1.29, 1.82) is 0 Å². The molecule has 1 amide bonds. The predicted octanol–water partition coefficient (Wildman–Crippen LogP) is -1.59. The molecule has 10 heavy (non-hydrogen) atoms. The first kappa shape index (κ1) is 16.9. The maximum Gasteiger partial charge on any atom is 0.528 e. The van der Waals surface area contributed by atoms with Crippen LogP contribution in [-0.2, 0) is 9.09 Å². The van der Waals surface area contributed by atoms with E-state index in [0.717, 1.165) is 0 Å². The van der Waals surface area contributed by atoms with E-state index in [1.807, 2.05) is 0 Å². The molecule has 0 spiro atoms. The molecule has 0 aliphatic rings. The van der Waals surface area contributed by atoms with Crippen LogP contribution in [-0.4, -0.2) is 53.6 Å². The third-order valence-electron chi connectivity index (χ3n) is 0.209. The molecule has 0 atom stereocenters. The first-order valence-electron chi connectivity index (χ1n) is 1.46. The van der Waals surface area contributed by atoms with E-state index >= 15 is 0 Å². The summed E-state index contributed by atoms with van der Waals surface area (Å²) in [5, 5.41) is 0. The van der Waals surface area contributed by atoms with Crippen LogP contribution < -0.4 is 5.73 Å². The van der Waals surface area contributed by atoms with E-state index in [2.05, 4.69) is 10.3 Å². The number of hydrogen-bond acceptors (Lipinski definition) is 3. The van der Waals surface area contributed by atoms with Gasteiger partial charge in [0.25, 0.3) is 0 Å². The summed E-state index contributed by atoms with van der Waals surface area (Å²) in [7, 11) is -4.70. The Labute approximate surface area is 81.1 Å². The number of carbonyl (C=O) groups is 1. The first-order chi connectivity index (χ1) is 3.42. The third kappa shape index (κ3) is 15.8. The molecule has 50 valence electrons. The summed E-state index contributed by atoms with van der Waals surface area (Å²) in [4.78, 5) is 25.1. The zero-order valence-corrected chi connectivity index (χ0v) is 6.54. The first-order valence-corrected chi connectivity index (χ1v) is 2.99. The summed E-state index contributed by atoms with van der Waals surface area (Å²) >= 11 is 0. The van der Waals surface area contributed by atoms with Gasteiger partial charge in [0.05, 0.1) is 0 Å². The van der Waals surface area contributed by atoms with Gasteiger partial charge in [-0.2, -0.15) is 0 Å². The molecule has 0 rings (SSSR count). The van der Waals surface area contributed by atoms with Crippen LogP contribution in [0.15, 0.2) is 0 Å². The van der Waals surface area contributed by atoms with Gasteiger partial charge in [-0.3, -0.25) is 9.79 Å². The molecule has 0 saturated heterocycles. The Morgan fingerprint density at radius 3 is 1.70 bits per heavy atom. The van der Waals surface area contributed by atoms with E-state index in [0.29, 0.717) is 0 Å². The van der Waals surface area contributed by atoms with Gasteiger partial charge in [-0.15, -0.1) is 0 Å². The Balaban J connectivity index is -0.000000245. The smallest absolute Gasteiger partial charge is 0.354 e. The van der Waals surface area contributed by atoms with E-state index in [1.54, 1.807) is 0 Å². The minimum Gasteiger partial charge on any atom is -0.354 e. The standard InChI is InChI=1S/CH4NO5P.2Li/c2-1(3)7-8(4,5)6;;/h(H2,2,3)(H2,4,5,6);;. The molecule has 0 aromatic rings. The number of rotatable bonds is 1. The number of carbonyl (C=O) groups excluding carboxylic acids is 1. The molecule has 0 saturated carbocycles. The topological polar surface area (TPSA) is 110 Å². The average molecular weight is 155 g/mol. The summed E-state index contributed by atoms with van der Waals surface area (Å²) in [6.45, 7) is 0. The van der Waals surface area contributed by atoms with Crippen LogP contribution in [0.2, 0.25) is 0 Å². The normalized spacial score (nSPS) is 8.60. The predicted molar refractivity (Wildman–Crippen MR) is 34.2 cm³/mol. The number of nitrogens with two attached hydrogens (primary N) is 1. The van der Waals surface area contributed by atoms with Crippen molar-refractivity contribution in [3.8, 4) is 0 Å². The fraction of sp³-hybridized carbons (Fsp3) is 0. The largest absolute Gasteiger partial charge is 0.528 e. The molecule has 6 nitrogen and oxygen atoms in total. The Kier molecular flexibility index (Phi) is 10.7. The van der Waals surface area contributed by atoms with Gasteiger partial charge in [0.15, 0.2) is 0 Å². The molecule has 0 aromatic carbocycles. The van der Waals surface area contributed by atoms with Gasteiger partial charge in [-0.05, 0) is 0 Å². The Morgan fingerprint density at radius 1 is 1.40 bits per heavy atom. The van der Waals surface area contributed by atoms with Crippen LogP contribution in [0.5, 0.6) is 0 Å². The van der Waals surface area contributed by atoms with Crippen LogP contribution in [0.25, 0.3) is 0 Å². The van der Waals surface area contributed by atoms with Gasteiger partial charge in [0, 0.05) is 37.7 Å². The van der Waals surface area contributed by atoms with Crippen LogP contribution >= 0.6 is 7.82 Å². The molecule has 2 radical (unpaired) electrons. The van der Waals surface area contributed by atoms with Crippen molar-refractivity contribution in [2.24, 2.45) is 5.73 Å². The molecule has 0 aromatic heterocycles. The number of phosphoric ester groups is 1. The van der Waals surface area contributed by atoms with Gasteiger partial charge in [0.1, 0.15) is 0 Å². The SMILES string of the molecule is NC(=O)OP(=O)(O)O.[Li].[Li]. The summed E-state index contributed by atoms with van der Waals surface area (Å²) in [5.74, 6) is 0. The minimum absolute atomic E-state index is 0. The maximum atomic E-state index is 9.61. The number of amides is 1. The second kappa shape index (κ2) is 6.33. The van der Waals surface area contributed by atoms with Gasteiger partial charge >= 0.3 is 13.9 Å². The number of phosphoric acid groups is 1. The Bertz CT molecular complexity index is 143. The van der Waals surface area contributed by atoms with Gasteiger partial charge < -0.3 is 10.3 Å². The number of hydrogen-bond donors (Lipinski definition) is 3. The van der Waals surface area contributed by atoms with E-state index in [1.165, 1.54) is 0 Å². The fourth-order valence-electron chi connectivity index (χ4n) is 0.117. The van der Waals surface area contributed by atoms with Gasteiger partial charge in [0.2, 0.25) is 0 Å². The molecule has 0 heterocycles. The minimum atomic E-state index is -4.70. The fourth-order valence-corrected chi connectivity index (χ4v) is 0.352. The zero-order chi connectivity index (χ0) is 6.78. The van der Waals surface area contributed by atoms with Crippen molar-refractivity contribution in [3.63, 3.8) is 0 Å². The van der Waals surface area contributed by atoms with Crippen molar-refractivity contribution in [2.75, 3.05) is 0 Å².